The van der Waals surface area contributed by atoms with E-state index in [4.69, 9.17) is 33.7 Å². The molecule has 0 aliphatic heterocycles. The Balaban J connectivity index is 2.39. The van der Waals surface area contributed by atoms with Crippen LogP contribution in [0.15, 0.2) is 35.3 Å². The van der Waals surface area contributed by atoms with Gasteiger partial charge in [0, 0.05) is 36.6 Å². The van der Waals surface area contributed by atoms with Gasteiger partial charge in [-0.3, -0.25) is 15.1 Å². The topological polar surface area (TPSA) is 90.8 Å². The molecule has 0 aliphatic carbocycles. The number of hydrogen-bond acceptors (Lipinski definition) is 5. The normalized spacial score (nSPS) is 10.9. The third kappa shape index (κ3) is 3.47. The van der Waals surface area contributed by atoms with Gasteiger partial charge in [-0.25, -0.2) is 0 Å². The Morgan fingerprint density at radius 3 is 2.45 bits per heavy atom. The molecule has 0 heterocycles. The average molecular weight is 340 g/mol. The molecule has 0 aliphatic rings. The maximum Gasteiger partial charge on any atom is 0.272 e. The predicted octanol–water partition coefficient (Wildman–Crippen LogP) is 4.32. The number of nitro groups is 1. The highest BCUT2D eigenvalue weighted by Crippen LogP contribution is 2.39. The van der Waals surface area contributed by atoms with Gasteiger partial charge in [0.25, 0.3) is 5.69 Å². The van der Waals surface area contributed by atoms with Crippen molar-refractivity contribution in [3.8, 4) is 11.5 Å². The van der Waals surface area contributed by atoms with E-state index in [0.717, 1.165) is 0 Å². The molecule has 0 aromatic heterocycles. The van der Waals surface area contributed by atoms with Crippen LogP contribution in [0.25, 0.3) is 0 Å². The Kier molecular flexibility index (Phi) is 4.85. The van der Waals surface area contributed by atoms with E-state index < -0.39 is 4.92 Å². The molecule has 2 aromatic carbocycles. The van der Waals surface area contributed by atoms with Crippen LogP contribution < -0.4 is 10.5 Å². The van der Waals surface area contributed by atoms with Crippen molar-refractivity contribution in [1.29, 1.82) is 0 Å². The van der Waals surface area contributed by atoms with Crippen LogP contribution in [-0.4, -0.2) is 18.2 Å². The third-order valence-corrected chi connectivity index (χ3v) is 3.30. The number of non-ortho nitro benzene ring substituents is 1. The number of rotatable bonds is 4. The second kappa shape index (κ2) is 6.64. The second-order valence-corrected chi connectivity index (χ2v) is 5.09. The van der Waals surface area contributed by atoms with Crippen molar-refractivity contribution in [1.82, 2.24) is 0 Å². The molecule has 0 fully saturated rings. The first-order chi connectivity index (χ1) is 10.4. The number of nitro benzene ring substituents is 1. The largest absolute Gasteiger partial charge is 0.454 e. The smallest absolute Gasteiger partial charge is 0.272 e. The zero-order valence-corrected chi connectivity index (χ0v) is 12.9. The van der Waals surface area contributed by atoms with Gasteiger partial charge < -0.3 is 10.5 Å². The van der Waals surface area contributed by atoms with Crippen LogP contribution in [0, 0.1) is 10.1 Å². The molecule has 0 bridgehead atoms. The average Bonchev–Trinajstić information content (AvgIpc) is 2.46. The number of nitrogens with zero attached hydrogens (tertiary/aromatic N) is 2. The zero-order chi connectivity index (χ0) is 16.3. The number of hydrogen-bond donors (Lipinski definition) is 1. The minimum atomic E-state index is -0.583. The highest BCUT2D eigenvalue weighted by atomic mass is 35.5. The first-order valence-corrected chi connectivity index (χ1v) is 6.81. The number of aliphatic imine (C=N–C) groups is 1. The third-order valence-electron chi connectivity index (χ3n) is 2.74. The summed E-state index contributed by atoms with van der Waals surface area (Å²) in [5.74, 6) is 0.569. The lowest BCUT2D eigenvalue weighted by Gasteiger charge is -2.11. The Bertz CT molecular complexity index is 740. The quantitative estimate of drug-likeness (QED) is 0.388. The van der Waals surface area contributed by atoms with E-state index in [9.17, 15) is 10.1 Å². The van der Waals surface area contributed by atoms with Gasteiger partial charge in [0.05, 0.1) is 15.0 Å². The number of benzene rings is 2. The van der Waals surface area contributed by atoms with Crippen LogP contribution in [0.2, 0.25) is 10.0 Å². The van der Waals surface area contributed by atoms with E-state index in [1.807, 2.05) is 0 Å². The molecule has 0 radical (unpaired) electrons. The SMILES string of the molecule is CN=Cc1cc(Oc2c(Cl)cc([N+](=O)[O-])cc2Cl)ccc1N. The lowest BCUT2D eigenvalue weighted by atomic mass is 10.2. The molecule has 0 spiro atoms. The summed E-state index contributed by atoms with van der Waals surface area (Å²) in [4.78, 5) is 14.1. The predicted molar refractivity (Wildman–Crippen MR) is 87.6 cm³/mol. The lowest BCUT2D eigenvalue weighted by molar-refractivity contribution is -0.384. The Morgan fingerprint density at radius 2 is 1.91 bits per heavy atom. The van der Waals surface area contributed by atoms with E-state index in [2.05, 4.69) is 4.99 Å². The minimum absolute atomic E-state index is 0.0433. The maximum absolute atomic E-state index is 10.7. The summed E-state index contributed by atoms with van der Waals surface area (Å²) >= 11 is 12.0. The van der Waals surface area contributed by atoms with Crippen molar-refractivity contribution in [2.45, 2.75) is 0 Å². The molecule has 0 saturated heterocycles. The maximum atomic E-state index is 10.7. The van der Waals surface area contributed by atoms with Gasteiger partial charge in [-0.05, 0) is 18.2 Å². The number of anilines is 1. The van der Waals surface area contributed by atoms with E-state index in [0.29, 0.717) is 17.0 Å². The Morgan fingerprint density at radius 1 is 1.27 bits per heavy atom. The Labute approximate surface area is 136 Å². The van der Waals surface area contributed by atoms with Crippen molar-refractivity contribution in [3.63, 3.8) is 0 Å². The first-order valence-electron chi connectivity index (χ1n) is 6.05. The van der Waals surface area contributed by atoms with Crippen LogP contribution in [0.4, 0.5) is 11.4 Å². The molecule has 114 valence electrons. The fourth-order valence-electron chi connectivity index (χ4n) is 1.73. The molecule has 8 heteroatoms. The molecule has 6 nitrogen and oxygen atoms in total. The lowest BCUT2D eigenvalue weighted by Crippen LogP contribution is -1.95. The summed E-state index contributed by atoms with van der Waals surface area (Å²) in [5, 5.41) is 10.8. The monoisotopic (exact) mass is 339 g/mol. The van der Waals surface area contributed by atoms with Crippen LogP contribution in [0.3, 0.4) is 0 Å². The molecule has 0 atom stereocenters. The highest BCUT2D eigenvalue weighted by Gasteiger charge is 2.16. The number of ether oxygens (including phenoxy) is 1. The van der Waals surface area contributed by atoms with Crippen LogP contribution in [-0.2, 0) is 0 Å². The highest BCUT2D eigenvalue weighted by molar-refractivity contribution is 6.37. The van der Waals surface area contributed by atoms with Gasteiger partial charge in [0.15, 0.2) is 5.75 Å². The fourth-order valence-corrected chi connectivity index (χ4v) is 2.29. The van der Waals surface area contributed by atoms with Gasteiger partial charge in [0.1, 0.15) is 5.75 Å². The fraction of sp³-hybridized carbons (Fsp3) is 0.0714. The van der Waals surface area contributed by atoms with Gasteiger partial charge in [0.2, 0.25) is 0 Å². The minimum Gasteiger partial charge on any atom is -0.454 e. The molecular formula is C14H11Cl2N3O3. The van der Waals surface area contributed by atoms with Gasteiger partial charge >= 0.3 is 0 Å². The van der Waals surface area contributed by atoms with Crippen molar-refractivity contribution in [2.24, 2.45) is 4.99 Å². The van der Waals surface area contributed by atoms with Gasteiger partial charge in [-0.1, -0.05) is 23.2 Å². The zero-order valence-electron chi connectivity index (χ0n) is 11.4. The summed E-state index contributed by atoms with van der Waals surface area (Å²) < 4.78 is 5.61. The van der Waals surface area contributed by atoms with Crippen molar-refractivity contribution in [2.75, 3.05) is 12.8 Å². The van der Waals surface area contributed by atoms with E-state index in [1.165, 1.54) is 12.1 Å². The van der Waals surface area contributed by atoms with E-state index in [1.54, 1.807) is 31.5 Å². The molecule has 2 aromatic rings. The van der Waals surface area contributed by atoms with Crippen molar-refractivity contribution in [3.05, 3.63) is 56.1 Å². The number of nitrogens with two attached hydrogens (primary N) is 1. The van der Waals surface area contributed by atoms with E-state index >= 15 is 0 Å². The van der Waals surface area contributed by atoms with E-state index in [-0.39, 0.29) is 21.5 Å². The molecule has 2 N–H and O–H groups in total. The van der Waals surface area contributed by atoms with Gasteiger partial charge in [-0.2, -0.15) is 0 Å². The molecule has 0 unspecified atom stereocenters. The summed E-state index contributed by atoms with van der Waals surface area (Å²) in [6.07, 6.45) is 1.58. The summed E-state index contributed by atoms with van der Waals surface area (Å²) in [7, 11) is 1.62. The standard InChI is InChI=1S/C14H11Cl2N3O3/c1-18-7-8-4-10(2-3-13(8)17)22-14-11(15)5-9(19(20)21)6-12(14)16/h2-7H,17H2,1H3. The van der Waals surface area contributed by atoms with Crippen LogP contribution in [0.5, 0.6) is 11.5 Å². The second-order valence-electron chi connectivity index (χ2n) is 4.28. The van der Waals surface area contributed by atoms with Crippen LogP contribution in [0.1, 0.15) is 5.56 Å². The summed E-state index contributed by atoms with van der Waals surface area (Å²) in [5.41, 5.74) is 6.81. The molecule has 0 amide bonds. The van der Waals surface area contributed by atoms with Crippen molar-refractivity contribution >= 4 is 40.8 Å². The Hall–Kier alpha value is -2.31. The summed E-state index contributed by atoms with van der Waals surface area (Å²) in [6.45, 7) is 0. The number of nitrogen functional groups attached to an aromatic ring is 1. The number of halogens is 2. The summed E-state index contributed by atoms with van der Waals surface area (Å²) in [6, 6.07) is 7.30. The molecule has 2 rings (SSSR count). The molecule has 0 saturated carbocycles. The molecular weight excluding hydrogens is 329 g/mol. The molecule has 22 heavy (non-hydrogen) atoms. The van der Waals surface area contributed by atoms with Crippen molar-refractivity contribution < 1.29 is 9.66 Å². The van der Waals surface area contributed by atoms with Gasteiger partial charge in [-0.15, -0.1) is 0 Å². The first kappa shape index (κ1) is 16.1. The van der Waals surface area contributed by atoms with Crippen LogP contribution >= 0.6 is 23.2 Å².